The third-order valence-corrected chi connectivity index (χ3v) is 7.15. The van der Waals surface area contributed by atoms with E-state index in [-0.39, 0.29) is 11.8 Å². The Morgan fingerprint density at radius 3 is 2.94 bits per heavy atom. The van der Waals surface area contributed by atoms with E-state index in [1.165, 1.54) is 6.33 Å². The summed E-state index contributed by atoms with van der Waals surface area (Å²) in [5.74, 6) is 6.66. The van der Waals surface area contributed by atoms with Crippen molar-refractivity contribution in [2.24, 2.45) is 0 Å². The van der Waals surface area contributed by atoms with E-state index in [1.54, 1.807) is 30.3 Å². The van der Waals surface area contributed by atoms with Crippen LogP contribution in [0.1, 0.15) is 30.5 Å². The molecule has 32 heavy (non-hydrogen) atoms. The molecule has 1 fully saturated rings. The molecule has 1 aromatic carbocycles. The Morgan fingerprint density at radius 1 is 1.31 bits per heavy atom. The van der Waals surface area contributed by atoms with Gasteiger partial charge in [0, 0.05) is 35.1 Å². The first-order valence-electron chi connectivity index (χ1n) is 10.4. The molecule has 8 heteroatoms. The molecule has 0 bridgehead atoms. The molecule has 4 aromatic rings. The molecule has 0 saturated carbocycles. The SMILES string of the molecule is CC#CC(=O)N1CCC(c2cc(-c3cc4cc(C)cc(OC)c4s3)c3c(N)ncnn23)C1. The number of nitrogens with two attached hydrogens (primary N) is 1. The molecule has 5 rings (SSSR count). The monoisotopic (exact) mass is 445 g/mol. The number of benzene rings is 1. The average Bonchev–Trinajstić information content (AvgIpc) is 3.49. The number of hydrogen-bond acceptors (Lipinski definition) is 6. The van der Waals surface area contributed by atoms with Gasteiger partial charge in [0.15, 0.2) is 5.82 Å². The molecule has 2 N–H and O–H groups in total. The fourth-order valence-electron chi connectivity index (χ4n) is 4.49. The topological polar surface area (TPSA) is 85.8 Å². The van der Waals surface area contributed by atoms with Gasteiger partial charge in [-0.25, -0.2) is 9.50 Å². The molecule has 1 atom stereocenters. The van der Waals surface area contributed by atoms with Crippen LogP contribution in [0.25, 0.3) is 26.0 Å². The van der Waals surface area contributed by atoms with Crippen molar-refractivity contribution in [3.8, 4) is 28.0 Å². The molecule has 0 radical (unpaired) electrons. The van der Waals surface area contributed by atoms with Crippen molar-refractivity contribution in [1.82, 2.24) is 19.5 Å². The Labute approximate surface area is 189 Å². The molecule has 7 nitrogen and oxygen atoms in total. The van der Waals surface area contributed by atoms with Gasteiger partial charge in [0.05, 0.1) is 11.8 Å². The summed E-state index contributed by atoms with van der Waals surface area (Å²) in [5, 5.41) is 5.65. The molecule has 1 aliphatic heterocycles. The fourth-order valence-corrected chi connectivity index (χ4v) is 5.64. The first kappa shape index (κ1) is 20.3. The highest BCUT2D eigenvalue weighted by Crippen LogP contribution is 2.43. The number of carbonyl (C=O) groups excluding carboxylic acids is 1. The van der Waals surface area contributed by atoms with E-state index >= 15 is 0 Å². The van der Waals surface area contributed by atoms with Gasteiger partial charge in [0.25, 0.3) is 5.91 Å². The first-order valence-corrected chi connectivity index (χ1v) is 11.2. The van der Waals surface area contributed by atoms with Crippen LogP contribution in [-0.4, -0.2) is 45.6 Å². The summed E-state index contributed by atoms with van der Waals surface area (Å²) in [6.07, 6.45) is 2.33. The molecule has 0 spiro atoms. The van der Waals surface area contributed by atoms with Gasteiger partial charge >= 0.3 is 0 Å². The number of nitrogen functional groups attached to an aromatic ring is 1. The normalized spacial score (nSPS) is 15.8. The summed E-state index contributed by atoms with van der Waals surface area (Å²) >= 11 is 1.67. The van der Waals surface area contributed by atoms with E-state index in [4.69, 9.17) is 10.5 Å². The van der Waals surface area contributed by atoms with Crippen molar-refractivity contribution in [2.45, 2.75) is 26.2 Å². The van der Waals surface area contributed by atoms with Crippen LogP contribution in [0.3, 0.4) is 0 Å². The molecule has 3 aromatic heterocycles. The second-order valence-electron chi connectivity index (χ2n) is 8.00. The Bertz CT molecular complexity index is 1430. The van der Waals surface area contributed by atoms with Gasteiger partial charge in [-0.05, 0) is 55.3 Å². The predicted octanol–water partition coefficient (Wildman–Crippen LogP) is 3.85. The van der Waals surface area contributed by atoms with Gasteiger partial charge in [-0.3, -0.25) is 4.79 Å². The number of thiophene rings is 1. The summed E-state index contributed by atoms with van der Waals surface area (Å²) in [5.41, 5.74) is 10.3. The highest BCUT2D eigenvalue weighted by atomic mass is 32.1. The van der Waals surface area contributed by atoms with Crippen LogP contribution in [0.2, 0.25) is 0 Å². The minimum absolute atomic E-state index is 0.128. The molecule has 0 aliphatic carbocycles. The fraction of sp³-hybridized carbons (Fsp3) is 0.292. The maximum atomic E-state index is 12.2. The van der Waals surface area contributed by atoms with E-state index in [0.717, 1.165) is 49.5 Å². The molecule has 4 heterocycles. The lowest BCUT2D eigenvalue weighted by molar-refractivity contribution is -0.124. The minimum atomic E-state index is -0.128. The van der Waals surface area contributed by atoms with E-state index < -0.39 is 0 Å². The number of likely N-dealkylation sites (tertiary alicyclic amines) is 1. The number of anilines is 1. The Hall–Kier alpha value is -3.57. The molecule has 1 aliphatic rings. The lowest BCUT2D eigenvalue weighted by atomic mass is 10.0. The highest BCUT2D eigenvalue weighted by molar-refractivity contribution is 7.22. The number of aromatic nitrogens is 3. The predicted molar refractivity (Wildman–Crippen MR) is 127 cm³/mol. The number of aryl methyl sites for hydroxylation is 1. The standard InChI is InChI=1S/C24H23N5O2S/c1-4-5-21(30)28-7-6-15(12-28)18-11-17(22-24(25)26-13-27-29(18)22)20-10-16-8-14(2)9-19(31-3)23(16)32-20/h8-11,13,15H,6-7,12H2,1-3H3,(H2,25,26,27). The number of carbonyl (C=O) groups is 1. The zero-order chi connectivity index (χ0) is 22.4. The number of ether oxygens (including phenoxy) is 1. The van der Waals surface area contributed by atoms with E-state index in [9.17, 15) is 4.79 Å². The zero-order valence-corrected chi connectivity index (χ0v) is 19.0. The van der Waals surface area contributed by atoms with Crippen LogP contribution >= 0.6 is 11.3 Å². The van der Waals surface area contributed by atoms with Crippen LogP contribution < -0.4 is 10.5 Å². The maximum absolute atomic E-state index is 12.2. The van der Waals surface area contributed by atoms with Crippen molar-refractivity contribution < 1.29 is 9.53 Å². The molecular formula is C24H23N5O2S. The molecule has 1 unspecified atom stereocenters. The van der Waals surface area contributed by atoms with Crippen LogP contribution in [0.15, 0.2) is 30.6 Å². The van der Waals surface area contributed by atoms with Crippen molar-refractivity contribution in [3.63, 3.8) is 0 Å². The largest absolute Gasteiger partial charge is 0.495 e. The smallest absolute Gasteiger partial charge is 0.298 e. The number of rotatable bonds is 3. The van der Waals surface area contributed by atoms with Crippen molar-refractivity contribution >= 4 is 38.7 Å². The van der Waals surface area contributed by atoms with Crippen LogP contribution in [0, 0.1) is 18.8 Å². The second kappa shape index (κ2) is 7.84. The lowest BCUT2D eigenvalue weighted by Crippen LogP contribution is -2.27. The minimum Gasteiger partial charge on any atom is -0.495 e. The molecule has 1 amide bonds. The molecule has 162 valence electrons. The third-order valence-electron chi connectivity index (χ3n) is 5.95. The Morgan fingerprint density at radius 2 is 2.16 bits per heavy atom. The van der Waals surface area contributed by atoms with Crippen LogP contribution in [0.5, 0.6) is 5.75 Å². The molecular weight excluding hydrogens is 422 g/mol. The quantitative estimate of drug-likeness (QED) is 0.484. The van der Waals surface area contributed by atoms with E-state index in [0.29, 0.717) is 18.9 Å². The Kier molecular flexibility index (Phi) is 4.98. The third kappa shape index (κ3) is 3.26. The van der Waals surface area contributed by atoms with E-state index in [2.05, 4.69) is 47.0 Å². The number of nitrogens with zero attached hydrogens (tertiary/aromatic N) is 4. The van der Waals surface area contributed by atoms with Gasteiger partial charge in [-0.1, -0.05) is 12.0 Å². The lowest BCUT2D eigenvalue weighted by Gasteiger charge is -2.13. The van der Waals surface area contributed by atoms with Gasteiger partial charge < -0.3 is 15.4 Å². The number of fused-ring (bicyclic) bond motifs is 2. The zero-order valence-electron chi connectivity index (χ0n) is 18.2. The number of methoxy groups -OCH3 is 1. The van der Waals surface area contributed by atoms with Crippen molar-refractivity contribution in [3.05, 3.63) is 41.9 Å². The van der Waals surface area contributed by atoms with E-state index in [1.807, 2.05) is 10.6 Å². The summed E-state index contributed by atoms with van der Waals surface area (Å²) in [7, 11) is 1.70. The summed E-state index contributed by atoms with van der Waals surface area (Å²) in [6, 6.07) is 8.52. The molecule has 1 saturated heterocycles. The second-order valence-corrected chi connectivity index (χ2v) is 9.05. The summed E-state index contributed by atoms with van der Waals surface area (Å²) < 4.78 is 8.60. The van der Waals surface area contributed by atoms with Crippen LogP contribution in [0.4, 0.5) is 5.82 Å². The highest BCUT2D eigenvalue weighted by Gasteiger charge is 2.30. The summed E-state index contributed by atoms with van der Waals surface area (Å²) in [6.45, 7) is 5.04. The van der Waals surface area contributed by atoms with Crippen molar-refractivity contribution in [1.29, 1.82) is 0 Å². The van der Waals surface area contributed by atoms with Crippen LogP contribution in [-0.2, 0) is 4.79 Å². The van der Waals surface area contributed by atoms with Crippen molar-refractivity contribution in [2.75, 3.05) is 25.9 Å². The first-order chi connectivity index (χ1) is 15.5. The number of amides is 1. The van der Waals surface area contributed by atoms with Gasteiger partial charge in [0.1, 0.15) is 17.6 Å². The van der Waals surface area contributed by atoms with Gasteiger partial charge in [-0.15, -0.1) is 11.3 Å². The van der Waals surface area contributed by atoms with Gasteiger partial charge in [-0.2, -0.15) is 5.10 Å². The number of hydrogen-bond donors (Lipinski definition) is 1. The average molecular weight is 446 g/mol. The summed E-state index contributed by atoms with van der Waals surface area (Å²) in [4.78, 5) is 19.4. The Balaban J connectivity index is 1.63. The van der Waals surface area contributed by atoms with Gasteiger partial charge in [0.2, 0.25) is 0 Å². The maximum Gasteiger partial charge on any atom is 0.298 e.